The van der Waals surface area contributed by atoms with E-state index in [1.54, 1.807) is 9.80 Å². The fourth-order valence-electron chi connectivity index (χ4n) is 3.02. The highest BCUT2D eigenvalue weighted by molar-refractivity contribution is 7.80. The topological polar surface area (TPSA) is 59.1 Å². The van der Waals surface area contributed by atoms with Crippen LogP contribution in [0.3, 0.4) is 0 Å². The second-order valence-corrected chi connectivity index (χ2v) is 8.34. The van der Waals surface area contributed by atoms with Gasteiger partial charge in [0.15, 0.2) is 0 Å². The zero-order valence-electron chi connectivity index (χ0n) is 16.4. The van der Waals surface area contributed by atoms with Crippen molar-refractivity contribution in [1.82, 2.24) is 9.80 Å². The summed E-state index contributed by atoms with van der Waals surface area (Å²) in [6.45, 7) is 2.43. The van der Waals surface area contributed by atoms with Crippen molar-refractivity contribution in [2.45, 2.75) is 37.8 Å². The predicted molar refractivity (Wildman–Crippen MR) is 127 cm³/mol. The number of amides is 2. The molecule has 2 atom stereocenters. The van der Waals surface area contributed by atoms with E-state index in [2.05, 4.69) is 50.5 Å². The van der Waals surface area contributed by atoms with Gasteiger partial charge >= 0.3 is 0 Å². The number of hydrogen-bond acceptors (Lipinski definition) is 8. The first kappa shape index (κ1) is 26.3. The average Bonchev–Trinajstić information content (AvgIpc) is 2.70. The van der Waals surface area contributed by atoms with Gasteiger partial charge in [-0.2, -0.15) is 50.5 Å². The van der Waals surface area contributed by atoms with E-state index in [-0.39, 0.29) is 25.0 Å². The summed E-state index contributed by atoms with van der Waals surface area (Å²) in [7, 11) is 0. The van der Waals surface area contributed by atoms with Crippen LogP contribution in [-0.2, 0) is 19.1 Å². The Balaban J connectivity index is 2.92. The van der Waals surface area contributed by atoms with E-state index in [0.29, 0.717) is 37.8 Å². The first-order valence-electron chi connectivity index (χ1n) is 9.82. The molecule has 28 heavy (non-hydrogen) atoms. The van der Waals surface area contributed by atoms with E-state index in [0.717, 1.165) is 37.2 Å². The number of carbonyl (C=O) groups is 2. The molecule has 0 aromatic rings. The summed E-state index contributed by atoms with van der Waals surface area (Å²) < 4.78 is 11.4. The van der Waals surface area contributed by atoms with Crippen molar-refractivity contribution in [2.75, 3.05) is 62.5 Å². The predicted octanol–water partition coefficient (Wildman–Crippen LogP) is 1.71. The van der Waals surface area contributed by atoms with E-state index in [9.17, 15) is 9.59 Å². The molecule has 1 saturated heterocycles. The molecule has 1 heterocycles. The largest absolute Gasteiger partial charge is 0.379 e. The van der Waals surface area contributed by atoms with Crippen molar-refractivity contribution in [2.24, 2.45) is 0 Å². The minimum absolute atomic E-state index is 0.0748. The van der Waals surface area contributed by atoms with Crippen molar-refractivity contribution in [3.63, 3.8) is 0 Å². The number of hydrogen-bond donors (Lipinski definition) is 4. The Morgan fingerprint density at radius 2 is 1.00 bits per heavy atom. The smallest absolute Gasteiger partial charge is 0.248 e. The number of piperazine rings is 1. The number of carbonyl (C=O) groups excluding carboxylic acids is 2. The average molecular weight is 471 g/mol. The minimum atomic E-state index is -0.596. The molecule has 1 aliphatic heterocycles. The quantitative estimate of drug-likeness (QED) is 0.205. The lowest BCUT2D eigenvalue weighted by Gasteiger charge is -2.45. The minimum Gasteiger partial charge on any atom is -0.379 e. The third-order valence-electron chi connectivity index (χ3n) is 4.45. The Hall–Kier alpha value is 0.260. The molecule has 1 rings (SSSR count). The van der Waals surface area contributed by atoms with Crippen molar-refractivity contribution in [3.05, 3.63) is 0 Å². The number of nitrogens with zero attached hydrogens (tertiary/aromatic N) is 2. The summed E-state index contributed by atoms with van der Waals surface area (Å²) in [4.78, 5) is 29.8. The number of thiol groups is 4. The molecule has 0 aliphatic carbocycles. The third kappa shape index (κ3) is 8.55. The molecule has 164 valence electrons. The van der Waals surface area contributed by atoms with Gasteiger partial charge in [-0.25, -0.2) is 0 Å². The molecule has 1 aliphatic rings. The summed E-state index contributed by atoms with van der Waals surface area (Å²) in [5, 5.41) is 0. The molecule has 2 unspecified atom stereocenters. The molecule has 2 amide bonds. The van der Waals surface area contributed by atoms with Gasteiger partial charge < -0.3 is 19.3 Å². The van der Waals surface area contributed by atoms with E-state index in [1.165, 1.54) is 0 Å². The van der Waals surface area contributed by atoms with Crippen molar-refractivity contribution < 1.29 is 19.1 Å². The van der Waals surface area contributed by atoms with Crippen LogP contribution in [0.1, 0.15) is 25.7 Å². The molecular weight excluding hydrogens is 436 g/mol. The van der Waals surface area contributed by atoms with E-state index in [1.807, 2.05) is 0 Å². The number of ether oxygens (including phenoxy) is 2. The maximum absolute atomic E-state index is 13.2. The van der Waals surface area contributed by atoms with E-state index >= 15 is 0 Å². The Labute approximate surface area is 191 Å². The molecule has 6 nitrogen and oxygen atoms in total. The molecular formula is C18H34N2O4S4. The van der Waals surface area contributed by atoms with Crippen LogP contribution in [-0.4, -0.2) is 96.2 Å². The highest BCUT2D eigenvalue weighted by atomic mass is 32.1. The molecule has 0 radical (unpaired) electrons. The lowest BCUT2D eigenvalue weighted by Crippen LogP contribution is -2.67. The highest BCUT2D eigenvalue weighted by Crippen LogP contribution is 2.21. The lowest BCUT2D eigenvalue weighted by atomic mass is 10.0. The summed E-state index contributed by atoms with van der Waals surface area (Å²) in [6.07, 6.45) is 3.05. The van der Waals surface area contributed by atoms with Crippen molar-refractivity contribution >= 4 is 62.3 Å². The number of rotatable bonds is 16. The fourth-order valence-corrected chi connectivity index (χ4v) is 3.56. The monoisotopic (exact) mass is 470 g/mol. The molecule has 10 heteroatoms. The van der Waals surface area contributed by atoms with Gasteiger partial charge in [-0.05, 0) is 48.7 Å². The van der Waals surface area contributed by atoms with Gasteiger partial charge in [0.25, 0.3) is 0 Å². The van der Waals surface area contributed by atoms with Gasteiger partial charge in [0.1, 0.15) is 12.1 Å². The van der Waals surface area contributed by atoms with Crippen LogP contribution >= 0.6 is 50.5 Å². The van der Waals surface area contributed by atoms with E-state index in [4.69, 9.17) is 9.47 Å². The first-order chi connectivity index (χ1) is 13.6. The van der Waals surface area contributed by atoms with Crippen LogP contribution < -0.4 is 0 Å². The third-order valence-corrected chi connectivity index (χ3v) is 5.71. The zero-order chi connectivity index (χ0) is 20.8. The first-order valence-corrected chi connectivity index (χ1v) is 12.3. The maximum atomic E-state index is 13.2. The van der Waals surface area contributed by atoms with Crippen LogP contribution in [0.15, 0.2) is 0 Å². The van der Waals surface area contributed by atoms with Gasteiger partial charge in [0.05, 0.1) is 13.2 Å². The summed E-state index contributed by atoms with van der Waals surface area (Å²) in [6, 6.07) is -1.19. The van der Waals surface area contributed by atoms with Crippen molar-refractivity contribution in [1.29, 1.82) is 0 Å². The molecule has 0 aromatic heterocycles. The molecule has 1 fully saturated rings. The van der Waals surface area contributed by atoms with Crippen LogP contribution in [0, 0.1) is 0 Å². The maximum Gasteiger partial charge on any atom is 0.248 e. The summed E-state index contributed by atoms with van der Waals surface area (Å²) in [5.41, 5.74) is 0. The van der Waals surface area contributed by atoms with Crippen LogP contribution in [0.5, 0.6) is 0 Å². The zero-order valence-corrected chi connectivity index (χ0v) is 19.9. The molecule has 0 saturated carbocycles. The van der Waals surface area contributed by atoms with Crippen LogP contribution in [0.4, 0.5) is 0 Å². The van der Waals surface area contributed by atoms with E-state index < -0.39 is 12.1 Å². The van der Waals surface area contributed by atoms with Crippen LogP contribution in [0.25, 0.3) is 0 Å². The Kier molecular flexibility index (Phi) is 15.0. The van der Waals surface area contributed by atoms with Gasteiger partial charge in [-0.15, -0.1) is 0 Å². The Morgan fingerprint density at radius 1 is 0.643 bits per heavy atom. The second-order valence-electron chi connectivity index (χ2n) is 6.55. The molecule has 0 N–H and O–H groups in total. The fraction of sp³-hybridized carbons (Fsp3) is 0.889. The SMILES string of the molecule is O=C1C(COCCCS)N(CCCS)C(=O)C(COCCCS)N1CCCS. The van der Waals surface area contributed by atoms with Gasteiger partial charge in [-0.1, -0.05) is 0 Å². The second kappa shape index (κ2) is 16.0. The summed E-state index contributed by atoms with van der Waals surface area (Å²) in [5.74, 6) is 2.60. The Morgan fingerprint density at radius 3 is 1.32 bits per heavy atom. The normalized spacial score (nSPS) is 20.3. The van der Waals surface area contributed by atoms with Gasteiger partial charge in [0, 0.05) is 26.3 Å². The highest BCUT2D eigenvalue weighted by Gasteiger charge is 2.45. The molecule has 0 spiro atoms. The van der Waals surface area contributed by atoms with Gasteiger partial charge in [-0.3, -0.25) is 9.59 Å². The van der Waals surface area contributed by atoms with Crippen LogP contribution in [0.2, 0.25) is 0 Å². The lowest BCUT2D eigenvalue weighted by molar-refractivity contribution is -0.167. The molecule has 0 bridgehead atoms. The Bertz CT molecular complexity index is 419. The standard InChI is InChI=1S/C18H34N2O4S4/c21-17-16(14-24-8-4-12-28)20(6-2-10-26)18(22)15(13-23-7-3-11-27)19(17)5-1-9-25/h15-16,25-28H,1-14H2. The molecule has 0 aromatic carbocycles. The van der Waals surface area contributed by atoms with Gasteiger partial charge in [0.2, 0.25) is 11.8 Å². The summed E-state index contributed by atoms with van der Waals surface area (Å²) >= 11 is 16.9. The van der Waals surface area contributed by atoms with Crippen molar-refractivity contribution in [3.8, 4) is 0 Å².